The van der Waals surface area contributed by atoms with Crippen LogP contribution in [0, 0.1) is 38.7 Å². The van der Waals surface area contributed by atoms with Gasteiger partial charge in [-0.05, 0) is 68.6 Å². The Morgan fingerprint density at radius 3 is 2.51 bits per heavy atom. The van der Waals surface area contributed by atoms with E-state index in [2.05, 4.69) is 50.6 Å². The summed E-state index contributed by atoms with van der Waals surface area (Å²) in [4.78, 5) is 36.6. The van der Waals surface area contributed by atoms with E-state index in [9.17, 15) is 19.7 Å². The van der Waals surface area contributed by atoms with Crippen LogP contribution in [0.1, 0.15) is 92.9 Å². The lowest BCUT2D eigenvalue weighted by molar-refractivity contribution is -0.525. The Labute approximate surface area is 232 Å². The maximum atomic E-state index is 13.5. The molecule has 0 unspecified atom stereocenters. The Hall–Kier alpha value is -2.41. The molecule has 12 nitrogen and oxygen atoms in total. The van der Waals surface area contributed by atoms with Gasteiger partial charge in [-0.25, -0.2) is 10.1 Å². The number of nitro groups is 1. The van der Waals surface area contributed by atoms with Crippen molar-refractivity contribution in [2.24, 2.45) is 23.2 Å². The van der Waals surface area contributed by atoms with Crippen LogP contribution in [0.4, 0.5) is 0 Å². The molecule has 1 aliphatic heterocycles. The highest BCUT2D eigenvalue weighted by Gasteiger charge is 2.68. The third kappa shape index (κ3) is 7.42. The van der Waals surface area contributed by atoms with Gasteiger partial charge in [-0.1, -0.05) is 46.5 Å². The Bertz CT molecular complexity index is 919. The smallest absolute Gasteiger partial charge is 0.404 e. The highest BCUT2D eigenvalue weighted by Crippen LogP contribution is 2.65. The summed E-state index contributed by atoms with van der Waals surface area (Å²) in [6.07, 6.45) is 5.42. The van der Waals surface area contributed by atoms with Crippen LogP contribution < -0.4 is 21.4 Å². The molecular weight excluding hydrogens is 503 g/mol. The molecule has 3 aliphatic carbocycles. The third-order valence-electron chi connectivity index (χ3n) is 8.93. The molecule has 1 saturated heterocycles. The third-order valence-corrected chi connectivity index (χ3v) is 8.93. The number of carbonyl (C=O) groups excluding carboxylic acids is 2. The number of guanidine groups is 1. The molecule has 3 saturated carbocycles. The quantitative estimate of drug-likeness (QED) is 0.0549. The summed E-state index contributed by atoms with van der Waals surface area (Å²) in [6, 6.07) is -0.783. The van der Waals surface area contributed by atoms with Gasteiger partial charge in [0.15, 0.2) is 5.03 Å². The molecule has 4 rings (SSSR count). The van der Waals surface area contributed by atoms with Gasteiger partial charge in [-0.3, -0.25) is 15.0 Å². The van der Waals surface area contributed by atoms with E-state index in [1.54, 1.807) is 5.43 Å². The van der Waals surface area contributed by atoms with Crippen LogP contribution in [0.15, 0.2) is 0 Å². The fourth-order valence-electron chi connectivity index (χ4n) is 6.62. The van der Waals surface area contributed by atoms with Crippen LogP contribution in [-0.4, -0.2) is 60.2 Å². The summed E-state index contributed by atoms with van der Waals surface area (Å²) in [5, 5.41) is 25.8. The molecule has 0 spiro atoms. The monoisotopic (exact) mass is 550 g/mol. The number of nitrogens with zero attached hydrogens (tertiary/aromatic N) is 1. The van der Waals surface area contributed by atoms with E-state index in [0.29, 0.717) is 37.5 Å². The maximum absolute atomic E-state index is 13.5. The van der Waals surface area contributed by atoms with Gasteiger partial charge >= 0.3 is 7.12 Å². The van der Waals surface area contributed by atoms with E-state index in [1.165, 1.54) is 0 Å². The van der Waals surface area contributed by atoms with Crippen molar-refractivity contribution in [3.63, 3.8) is 0 Å². The fourth-order valence-corrected chi connectivity index (χ4v) is 6.62. The molecule has 2 amide bonds. The minimum absolute atomic E-state index is 0.00421. The highest BCUT2D eigenvalue weighted by atomic mass is 16.7. The van der Waals surface area contributed by atoms with E-state index in [-0.39, 0.29) is 47.3 Å². The normalized spacial score (nSPS) is 28.1. The lowest BCUT2D eigenvalue weighted by Crippen LogP contribution is -2.65. The molecule has 0 aromatic heterocycles. The van der Waals surface area contributed by atoms with Crippen molar-refractivity contribution in [1.29, 1.82) is 5.41 Å². The second kappa shape index (κ2) is 12.8. The Morgan fingerprint density at radius 1 is 1.18 bits per heavy atom. The Morgan fingerprint density at radius 2 is 1.90 bits per heavy atom. The van der Waals surface area contributed by atoms with Gasteiger partial charge < -0.3 is 25.3 Å². The number of unbranched alkanes of at least 4 members (excludes halogenated alkanes) is 1. The van der Waals surface area contributed by atoms with E-state index >= 15 is 0 Å². The molecule has 0 aromatic carbocycles. The van der Waals surface area contributed by atoms with Crippen molar-refractivity contribution in [2.75, 3.05) is 6.54 Å². The lowest BCUT2D eigenvalue weighted by atomic mass is 9.43. The average Bonchev–Trinajstić information content (AvgIpc) is 3.20. The maximum Gasteiger partial charge on any atom is 0.481 e. The first-order valence-corrected chi connectivity index (χ1v) is 14.4. The van der Waals surface area contributed by atoms with Crippen molar-refractivity contribution >= 4 is 24.9 Å². The van der Waals surface area contributed by atoms with Crippen LogP contribution in [0.2, 0.25) is 0 Å². The van der Waals surface area contributed by atoms with Crippen LogP contribution in [-0.2, 0) is 18.9 Å². The first-order valence-electron chi connectivity index (χ1n) is 14.4. The number of hydrazine groups is 1. The number of carbonyl (C=O) groups is 2. The van der Waals surface area contributed by atoms with Crippen molar-refractivity contribution < 1.29 is 23.9 Å². The van der Waals surface area contributed by atoms with Crippen molar-refractivity contribution in [2.45, 2.75) is 117 Å². The summed E-state index contributed by atoms with van der Waals surface area (Å²) < 4.78 is 13.1. The summed E-state index contributed by atoms with van der Waals surface area (Å²) in [7, 11) is -0.562. The molecule has 220 valence electrons. The van der Waals surface area contributed by atoms with Gasteiger partial charge in [0, 0.05) is 13.0 Å². The molecule has 2 bridgehead atoms. The molecule has 0 aromatic rings. The predicted octanol–water partition coefficient (Wildman–Crippen LogP) is 2.55. The first-order chi connectivity index (χ1) is 18.3. The number of amides is 2. The summed E-state index contributed by atoms with van der Waals surface area (Å²) in [5.41, 5.74) is 1.57. The second-order valence-corrected chi connectivity index (χ2v) is 12.6. The Balaban J connectivity index is 1.65. The van der Waals surface area contributed by atoms with Gasteiger partial charge in [0.25, 0.3) is 5.96 Å². The zero-order chi connectivity index (χ0) is 29.0. The molecule has 5 N–H and O–H groups in total. The molecule has 4 aliphatic rings. The highest BCUT2D eigenvalue weighted by molar-refractivity contribution is 6.47. The molecule has 1 heterocycles. The zero-order valence-electron chi connectivity index (χ0n) is 24.3. The molecule has 6 atom stereocenters. The van der Waals surface area contributed by atoms with E-state index in [0.717, 1.165) is 25.7 Å². The van der Waals surface area contributed by atoms with E-state index < -0.39 is 24.2 Å². The predicted molar refractivity (Wildman–Crippen MR) is 148 cm³/mol. The van der Waals surface area contributed by atoms with Gasteiger partial charge in [-0.2, -0.15) is 0 Å². The topological polar surface area (TPSA) is 168 Å². The molecule has 0 radical (unpaired) electrons. The molecular formula is C26H47BN6O6. The van der Waals surface area contributed by atoms with Crippen LogP contribution in [0.3, 0.4) is 0 Å². The van der Waals surface area contributed by atoms with Crippen LogP contribution in [0.5, 0.6) is 0 Å². The number of rotatable bonds is 14. The summed E-state index contributed by atoms with van der Waals surface area (Å²) >= 11 is 0. The van der Waals surface area contributed by atoms with Crippen molar-refractivity contribution in [3.05, 3.63) is 10.1 Å². The zero-order valence-corrected chi connectivity index (χ0v) is 24.3. The lowest BCUT2D eigenvalue weighted by Gasteiger charge is -2.64. The average molecular weight is 551 g/mol. The molecule has 13 heteroatoms. The summed E-state index contributed by atoms with van der Waals surface area (Å²) in [5.74, 6) is 0.0189. The largest absolute Gasteiger partial charge is 0.481 e. The van der Waals surface area contributed by atoms with Gasteiger partial charge in [0.2, 0.25) is 11.8 Å². The second-order valence-electron chi connectivity index (χ2n) is 12.6. The fraction of sp³-hybridized carbons (Fsp3) is 0.885. The van der Waals surface area contributed by atoms with Gasteiger partial charge in [-0.15, -0.1) is 0 Å². The van der Waals surface area contributed by atoms with Crippen molar-refractivity contribution in [1.82, 2.24) is 21.4 Å². The minimum atomic E-state index is -0.817. The standard InChI is InChI=1S/C26H47BN6O6/c1-7-8-11-22(34)30-18(10-9-12-29-24(28)32-33(36)37)23(35)31-21(13-16(2)3)27-38-20-15-17-14-19(25(17,4)5)26(20,6)39-27/h16-21H,7-15H2,1-6H3,(H,30,34)(H,31,35)(H3,28,29,32)/t17-,18-,19-,20+,21-,26-/m0/s1. The minimum Gasteiger partial charge on any atom is -0.404 e. The van der Waals surface area contributed by atoms with Gasteiger partial charge in [0.05, 0.1) is 17.6 Å². The molecule has 39 heavy (non-hydrogen) atoms. The summed E-state index contributed by atoms with van der Waals surface area (Å²) in [6.45, 7) is 13.2. The number of hydrogen-bond donors (Lipinski definition) is 5. The van der Waals surface area contributed by atoms with Crippen LogP contribution >= 0.6 is 0 Å². The van der Waals surface area contributed by atoms with E-state index in [4.69, 9.17) is 14.7 Å². The number of nitrogens with one attached hydrogen (secondary N) is 5. The van der Waals surface area contributed by atoms with Crippen molar-refractivity contribution in [3.8, 4) is 0 Å². The van der Waals surface area contributed by atoms with E-state index in [1.807, 2.05) is 6.92 Å². The number of hydrogen-bond acceptors (Lipinski definition) is 7. The Kier molecular flexibility index (Phi) is 10.2. The van der Waals surface area contributed by atoms with Gasteiger partial charge in [0.1, 0.15) is 6.04 Å². The molecule has 4 fully saturated rings. The van der Waals surface area contributed by atoms with Crippen LogP contribution in [0.25, 0.3) is 0 Å². The first kappa shape index (κ1) is 31.1. The SMILES string of the molecule is CCCCC(=O)N[C@@H](CCCNC(=N)N[N+](=O)[O-])C(=O)N[C@@H](CC(C)C)B1O[C@@H]2C[C@@H]3C[C@@H](C3(C)C)[C@]2(C)O1.